The van der Waals surface area contributed by atoms with Crippen molar-refractivity contribution >= 4 is 12.2 Å². The van der Waals surface area contributed by atoms with Crippen molar-refractivity contribution in [3.05, 3.63) is 29.3 Å². The molecule has 0 fully saturated rings. The van der Waals surface area contributed by atoms with Crippen molar-refractivity contribution in [1.82, 2.24) is 0 Å². The second-order valence-corrected chi connectivity index (χ2v) is 3.38. The summed E-state index contributed by atoms with van der Waals surface area (Å²) in [4.78, 5) is 20.9. The highest BCUT2D eigenvalue weighted by molar-refractivity contribution is 5.93. The van der Waals surface area contributed by atoms with Crippen molar-refractivity contribution in [2.24, 2.45) is 5.73 Å². The van der Waals surface area contributed by atoms with E-state index in [2.05, 4.69) is 0 Å². The second kappa shape index (κ2) is 5.52. The van der Waals surface area contributed by atoms with E-state index < -0.39 is 23.4 Å². The van der Waals surface area contributed by atoms with Gasteiger partial charge in [0, 0.05) is 12.0 Å². The molecule has 0 aliphatic carbocycles. The third-order valence-electron chi connectivity index (χ3n) is 2.06. The first-order valence-electron chi connectivity index (χ1n) is 4.93. The zero-order valence-electron chi connectivity index (χ0n) is 9.16. The van der Waals surface area contributed by atoms with E-state index in [1.807, 2.05) is 0 Å². The van der Waals surface area contributed by atoms with E-state index in [1.54, 1.807) is 0 Å². The van der Waals surface area contributed by atoms with Gasteiger partial charge in [-0.1, -0.05) is 0 Å². The fourth-order valence-electron chi connectivity index (χ4n) is 1.25. The van der Waals surface area contributed by atoms with E-state index in [9.17, 15) is 22.8 Å². The smallest absolute Gasteiger partial charge is 0.419 e. The first-order chi connectivity index (χ1) is 8.36. The molecular formula is C11H10F3NO3. The van der Waals surface area contributed by atoms with Gasteiger partial charge in [-0.15, -0.1) is 0 Å². The van der Waals surface area contributed by atoms with Crippen LogP contribution >= 0.6 is 0 Å². The van der Waals surface area contributed by atoms with Gasteiger partial charge in [-0.2, -0.15) is 13.2 Å². The zero-order chi connectivity index (χ0) is 13.8. The number of aldehydes is 1. The molecule has 0 aliphatic rings. The summed E-state index contributed by atoms with van der Waals surface area (Å²) < 4.78 is 42.9. The molecule has 0 bridgehead atoms. The minimum Gasteiger partial charge on any atom is -0.493 e. The van der Waals surface area contributed by atoms with Crippen molar-refractivity contribution in [3.63, 3.8) is 0 Å². The van der Waals surface area contributed by atoms with E-state index in [0.29, 0.717) is 12.4 Å². The first-order valence-corrected chi connectivity index (χ1v) is 4.93. The molecule has 2 N–H and O–H groups in total. The molecule has 0 aromatic heterocycles. The van der Waals surface area contributed by atoms with Crippen LogP contribution < -0.4 is 10.5 Å². The Morgan fingerprint density at radius 2 is 2.06 bits per heavy atom. The van der Waals surface area contributed by atoms with Crippen LogP contribution in [0.2, 0.25) is 0 Å². The number of rotatable bonds is 5. The molecule has 0 saturated carbocycles. The Morgan fingerprint density at radius 1 is 1.39 bits per heavy atom. The van der Waals surface area contributed by atoms with Crippen molar-refractivity contribution in [3.8, 4) is 5.75 Å². The number of carbonyl (C=O) groups excluding carboxylic acids is 2. The van der Waals surface area contributed by atoms with Crippen LogP contribution in [0.1, 0.15) is 22.3 Å². The molecule has 4 nitrogen and oxygen atoms in total. The number of hydrogen-bond donors (Lipinski definition) is 1. The molecule has 7 heteroatoms. The first kappa shape index (κ1) is 14.0. The Labute approximate surface area is 101 Å². The van der Waals surface area contributed by atoms with Crippen LogP contribution in [-0.4, -0.2) is 18.8 Å². The third kappa shape index (κ3) is 3.47. The van der Waals surface area contributed by atoms with Crippen molar-refractivity contribution in [2.75, 3.05) is 6.61 Å². The van der Waals surface area contributed by atoms with Crippen LogP contribution in [-0.2, 0) is 11.0 Å². The molecule has 0 heterocycles. The molecule has 0 saturated heterocycles. The Kier molecular flexibility index (Phi) is 4.30. The van der Waals surface area contributed by atoms with Gasteiger partial charge in [-0.3, -0.25) is 4.79 Å². The van der Waals surface area contributed by atoms with Gasteiger partial charge >= 0.3 is 6.18 Å². The van der Waals surface area contributed by atoms with Crippen LogP contribution in [0.3, 0.4) is 0 Å². The number of ether oxygens (including phenoxy) is 1. The number of amides is 1. The van der Waals surface area contributed by atoms with Crippen molar-refractivity contribution in [2.45, 2.75) is 12.6 Å². The lowest BCUT2D eigenvalue weighted by Crippen LogP contribution is -2.15. The minimum atomic E-state index is -4.66. The summed E-state index contributed by atoms with van der Waals surface area (Å²) in [5.74, 6) is -1.39. The molecular weight excluding hydrogens is 251 g/mol. The number of halogens is 3. The lowest BCUT2D eigenvalue weighted by molar-refractivity contribution is -0.138. The highest BCUT2D eigenvalue weighted by Crippen LogP contribution is 2.36. The fourth-order valence-corrected chi connectivity index (χ4v) is 1.25. The van der Waals surface area contributed by atoms with Gasteiger partial charge in [0.2, 0.25) is 5.91 Å². The van der Waals surface area contributed by atoms with Crippen LogP contribution in [0.4, 0.5) is 13.2 Å². The molecule has 1 aromatic rings. The van der Waals surface area contributed by atoms with Gasteiger partial charge in [-0.25, -0.2) is 0 Å². The lowest BCUT2D eigenvalue weighted by Gasteiger charge is -2.14. The number of primary amides is 1. The van der Waals surface area contributed by atoms with Crippen LogP contribution in [0.25, 0.3) is 0 Å². The number of benzene rings is 1. The summed E-state index contributed by atoms with van der Waals surface area (Å²) in [6.45, 7) is -0.164. The zero-order valence-corrected chi connectivity index (χ0v) is 9.16. The van der Waals surface area contributed by atoms with Crippen molar-refractivity contribution in [1.29, 1.82) is 0 Å². The normalized spacial score (nSPS) is 11.1. The predicted octanol–water partition coefficient (Wildman–Crippen LogP) is 1.77. The quantitative estimate of drug-likeness (QED) is 0.648. The molecule has 18 heavy (non-hydrogen) atoms. The molecule has 0 atom stereocenters. The van der Waals surface area contributed by atoms with E-state index in [0.717, 1.165) is 12.1 Å². The Morgan fingerprint density at radius 3 is 2.56 bits per heavy atom. The maximum absolute atomic E-state index is 12.7. The maximum atomic E-state index is 12.7. The number of nitrogens with two attached hydrogens (primary N) is 1. The number of carbonyl (C=O) groups is 2. The highest BCUT2D eigenvalue weighted by atomic mass is 19.4. The predicted molar refractivity (Wildman–Crippen MR) is 56.1 cm³/mol. The molecule has 1 aromatic carbocycles. The van der Waals surface area contributed by atoms with Crippen LogP contribution in [0, 0.1) is 0 Å². The van der Waals surface area contributed by atoms with Gasteiger partial charge < -0.3 is 15.3 Å². The molecule has 1 amide bonds. The summed E-state index contributed by atoms with van der Waals surface area (Å²) in [6, 6.07) is 2.76. The Hall–Kier alpha value is -2.05. The Balaban J connectivity index is 3.09. The largest absolute Gasteiger partial charge is 0.493 e. The summed E-state index contributed by atoms with van der Waals surface area (Å²) in [7, 11) is 0. The van der Waals surface area contributed by atoms with Gasteiger partial charge in [0.15, 0.2) is 0 Å². The SMILES string of the molecule is NC(=O)c1ccc(OCCC=O)c(C(F)(F)F)c1. The summed E-state index contributed by atoms with van der Waals surface area (Å²) in [5, 5.41) is 0. The fraction of sp³-hybridized carbons (Fsp3) is 0.273. The maximum Gasteiger partial charge on any atom is 0.419 e. The van der Waals surface area contributed by atoms with Gasteiger partial charge in [0.05, 0.1) is 12.2 Å². The molecule has 0 radical (unpaired) electrons. The number of hydrogen-bond acceptors (Lipinski definition) is 3. The van der Waals surface area contributed by atoms with Crippen molar-refractivity contribution < 1.29 is 27.5 Å². The van der Waals surface area contributed by atoms with Gasteiger partial charge in [0.25, 0.3) is 0 Å². The molecule has 98 valence electrons. The van der Waals surface area contributed by atoms with E-state index >= 15 is 0 Å². The number of alkyl halides is 3. The third-order valence-corrected chi connectivity index (χ3v) is 2.06. The summed E-state index contributed by atoms with van der Waals surface area (Å²) in [6.07, 6.45) is -4.15. The highest BCUT2D eigenvalue weighted by Gasteiger charge is 2.35. The molecule has 1 rings (SSSR count). The van der Waals surface area contributed by atoms with Gasteiger partial charge in [-0.05, 0) is 18.2 Å². The van der Waals surface area contributed by atoms with Crippen LogP contribution in [0.5, 0.6) is 5.75 Å². The van der Waals surface area contributed by atoms with E-state index in [1.165, 1.54) is 0 Å². The summed E-state index contributed by atoms with van der Waals surface area (Å²) in [5.41, 5.74) is 3.55. The molecule has 0 aliphatic heterocycles. The van der Waals surface area contributed by atoms with E-state index in [4.69, 9.17) is 10.5 Å². The Bertz CT molecular complexity index is 457. The standard InChI is InChI=1S/C11H10F3NO3/c12-11(13,14)8-6-7(10(15)17)2-3-9(8)18-5-1-4-16/h2-4,6H,1,5H2,(H2,15,17). The molecule has 0 unspecified atom stereocenters. The average Bonchev–Trinajstić information content (AvgIpc) is 2.28. The van der Waals surface area contributed by atoms with Crippen LogP contribution in [0.15, 0.2) is 18.2 Å². The van der Waals surface area contributed by atoms with Gasteiger partial charge in [0.1, 0.15) is 12.0 Å². The topological polar surface area (TPSA) is 69.4 Å². The monoisotopic (exact) mass is 261 g/mol. The van der Waals surface area contributed by atoms with E-state index in [-0.39, 0.29) is 18.6 Å². The summed E-state index contributed by atoms with van der Waals surface area (Å²) >= 11 is 0. The lowest BCUT2D eigenvalue weighted by atomic mass is 10.1. The molecule has 0 spiro atoms. The second-order valence-electron chi connectivity index (χ2n) is 3.38. The average molecular weight is 261 g/mol. The minimum absolute atomic E-state index is 0.0190.